The number of halogens is 1. The lowest BCUT2D eigenvalue weighted by Gasteiger charge is -2.31. The molecule has 0 aromatic heterocycles. The zero-order chi connectivity index (χ0) is 21.3. The lowest BCUT2D eigenvalue weighted by molar-refractivity contribution is -0.0744. The van der Waals surface area contributed by atoms with Gasteiger partial charge < -0.3 is 14.6 Å². The van der Waals surface area contributed by atoms with Gasteiger partial charge in [-0.15, -0.1) is 5.92 Å². The zero-order valence-electron chi connectivity index (χ0n) is 17.9. The first-order valence-electron chi connectivity index (χ1n) is 10.8. The Morgan fingerprint density at radius 1 is 1.13 bits per heavy atom. The summed E-state index contributed by atoms with van der Waals surface area (Å²) in [4.78, 5) is 0. The third-order valence-electron chi connectivity index (χ3n) is 5.64. The molecule has 0 amide bonds. The minimum Gasteiger partial charge on any atom is -0.394 e. The number of aliphatic hydroxyl groups is 1. The fourth-order valence-electron chi connectivity index (χ4n) is 3.90. The second kappa shape index (κ2) is 11.5. The third-order valence-corrected chi connectivity index (χ3v) is 5.99. The average molecular weight is 427 g/mol. The smallest absolute Gasteiger partial charge is 0.108 e. The Morgan fingerprint density at radius 2 is 1.90 bits per heavy atom. The second-order valence-corrected chi connectivity index (χ2v) is 8.18. The zero-order valence-corrected chi connectivity index (χ0v) is 18.7. The minimum absolute atomic E-state index is 0.0507. The molecule has 0 bridgehead atoms. The van der Waals surface area contributed by atoms with Crippen LogP contribution in [0.1, 0.15) is 67.0 Å². The van der Waals surface area contributed by atoms with E-state index in [0.717, 1.165) is 53.8 Å². The van der Waals surface area contributed by atoms with Gasteiger partial charge in [0.1, 0.15) is 6.61 Å². The predicted octanol–water partition coefficient (Wildman–Crippen LogP) is 5.64. The molecule has 0 spiro atoms. The van der Waals surface area contributed by atoms with Crippen LogP contribution < -0.4 is 0 Å². The SMILES string of the molecule is CC#CCOCc1cc(Cl)c(Cc2ccc(CC)cc2)cc1[C@@H]1CCC[C@H](CO)O1. The number of hydrogen-bond donors (Lipinski definition) is 1. The first kappa shape index (κ1) is 22.8. The summed E-state index contributed by atoms with van der Waals surface area (Å²) in [6, 6.07) is 12.9. The molecule has 2 atom stereocenters. The summed E-state index contributed by atoms with van der Waals surface area (Å²) in [6.45, 7) is 4.86. The number of hydrogen-bond acceptors (Lipinski definition) is 3. The van der Waals surface area contributed by atoms with Gasteiger partial charge in [0.2, 0.25) is 0 Å². The largest absolute Gasteiger partial charge is 0.394 e. The molecule has 3 nitrogen and oxygen atoms in total. The maximum atomic E-state index is 9.58. The van der Waals surface area contributed by atoms with E-state index in [4.69, 9.17) is 21.1 Å². The predicted molar refractivity (Wildman–Crippen MR) is 122 cm³/mol. The molecule has 1 N–H and O–H groups in total. The highest BCUT2D eigenvalue weighted by atomic mass is 35.5. The molecule has 2 aromatic rings. The molecular weight excluding hydrogens is 396 g/mol. The quantitative estimate of drug-likeness (QED) is 0.438. The van der Waals surface area contributed by atoms with Gasteiger partial charge in [0.25, 0.3) is 0 Å². The van der Waals surface area contributed by atoms with Crippen molar-refractivity contribution < 1.29 is 14.6 Å². The van der Waals surface area contributed by atoms with E-state index in [2.05, 4.69) is 49.1 Å². The lowest BCUT2D eigenvalue weighted by Crippen LogP contribution is -2.26. The summed E-state index contributed by atoms with van der Waals surface area (Å²) in [5, 5.41) is 10.3. The molecule has 1 aliphatic heterocycles. The van der Waals surface area contributed by atoms with Crippen LogP contribution in [0.4, 0.5) is 0 Å². The molecule has 0 saturated carbocycles. The van der Waals surface area contributed by atoms with Gasteiger partial charge in [0.05, 0.1) is 25.4 Å². The monoisotopic (exact) mass is 426 g/mol. The number of aryl methyl sites for hydroxylation is 1. The molecule has 30 heavy (non-hydrogen) atoms. The number of rotatable bonds is 8. The molecule has 0 radical (unpaired) electrons. The topological polar surface area (TPSA) is 38.7 Å². The molecule has 3 rings (SSSR count). The van der Waals surface area contributed by atoms with Crippen molar-refractivity contribution in [3.8, 4) is 11.8 Å². The molecule has 1 aliphatic rings. The summed E-state index contributed by atoms with van der Waals surface area (Å²) in [5.74, 6) is 5.78. The summed E-state index contributed by atoms with van der Waals surface area (Å²) in [6.07, 6.45) is 4.52. The van der Waals surface area contributed by atoms with Gasteiger partial charge in [0.15, 0.2) is 0 Å². The molecular formula is C26H31ClO3. The normalized spacial score (nSPS) is 18.7. The maximum Gasteiger partial charge on any atom is 0.108 e. The Labute approximate surface area is 185 Å². The van der Waals surface area contributed by atoms with Gasteiger partial charge in [-0.3, -0.25) is 0 Å². The number of ether oxygens (including phenoxy) is 2. The van der Waals surface area contributed by atoms with Gasteiger partial charge in [-0.25, -0.2) is 0 Å². The van der Waals surface area contributed by atoms with Crippen LogP contribution in [-0.4, -0.2) is 24.4 Å². The Bertz CT molecular complexity index is 880. The van der Waals surface area contributed by atoms with E-state index < -0.39 is 0 Å². The Kier molecular flexibility index (Phi) is 8.78. The number of benzene rings is 2. The molecule has 1 saturated heterocycles. The Morgan fingerprint density at radius 3 is 2.60 bits per heavy atom. The summed E-state index contributed by atoms with van der Waals surface area (Å²) in [7, 11) is 0. The van der Waals surface area contributed by atoms with Crippen molar-refractivity contribution in [1.29, 1.82) is 0 Å². The van der Waals surface area contributed by atoms with Crippen molar-refractivity contribution in [2.24, 2.45) is 0 Å². The molecule has 0 aliphatic carbocycles. The lowest BCUT2D eigenvalue weighted by atomic mass is 9.92. The highest BCUT2D eigenvalue weighted by molar-refractivity contribution is 6.31. The van der Waals surface area contributed by atoms with E-state index in [0.29, 0.717) is 13.2 Å². The van der Waals surface area contributed by atoms with Gasteiger partial charge in [0, 0.05) is 5.02 Å². The standard InChI is InChI=1S/C26H31ClO3/c1-3-5-13-29-18-22-16-25(27)21(14-20-11-9-19(4-2)10-12-20)15-24(22)26-8-6-7-23(17-28)30-26/h9-12,15-16,23,26,28H,4,6-8,13-14,17-18H2,1-2H3/t23-,26+/m1/s1. The Balaban J connectivity index is 1.88. The van der Waals surface area contributed by atoms with E-state index >= 15 is 0 Å². The Hall–Kier alpha value is -1.83. The van der Waals surface area contributed by atoms with Gasteiger partial charge >= 0.3 is 0 Å². The molecule has 0 unspecified atom stereocenters. The van der Waals surface area contributed by atoms with Crippen LogP contribution in [0, 0.1) is 11.8 Å². The fourth-order valence-corrected chi connectivity index (χ4v) is 4.15. The van der Waals surface area contributed by atoms with Crippen LogP contribution in [0.2, 0.25) is 5.02 Å². The van der Waals surface area contributed by atoms with Crippen LogP contribution in [-0.2, 0) is 28.9 Å². The van der Waals surface area contributed by atoms with Crippen LogP contribution in [0.5, 0.6) is 0 Å². The van der Waals surface area contributed by atoms with E-state index in [9.17, 15) is 5.11 Å². The molecule has 4 heteroatoms. The van der Waals surface area contributed by atoms with E-state index in [-0.39, 0.29) is 18.8 Å². The molecule has 160 valence electrons. The molecule has 1 heterocycles. The average Bonchev–Trinajstić information content (AvgIpc) is 2.78. The third kappa shape index (κ3) is 6.09. The molecule has 2 aromatic carbocycles. The van der Waals surface area contributed by atoms with Gasteiger partial charge in [-0.2, -0.15) is 0 Å². The van der Waals surface area contributed by atoms with Crippen molar-refractivity contribution in [3.63, 3.8) is 0 Å². The number of aliphatic hydroxyl groups excluding tert-OH is 1. The van der Waals surface area contributed by atoms with Gasteiger partial charge in [-0.1, -0.05) is 54.8 Å². The van der Waals surface area contributed by atoms with E-state index in [1.165, 1.54) is 11.1 Å². The maximum absolute atomic E-state index is 9.58. The first-order valence-corrected chi connectivity index (χ1v) is 11.1. The first-order chi connectivity index (χ1) is 14.6. The van der Waals surface area contributed by atoms with Crippen LogP contribution in [0.15, 0.2) is 36.4 Å². The minimum atomic E-state index is -0.107. The summed E-state index contributed by atoms with van der Waals surface area (Å²) >= 11 is 6.68. The van der Waals surface area contributed by atoms with E-state index in [1.807, 2.05) is 6.07 Å². The second-order valence-electron chi connectivity index (χ2n) is 7.77. The van der Waals surface area contributed by atoms with Crippen molar-refractivity contribution in [2.45, 2.75) is 64.8 Å². The van der Waals surface area contributed by atoms with Gasteiger partial charge in [-0.05, 0) is 72.9 Å². The van der Waals surface area contributed by atoms with Crippen LogP contribution in [0.3, 0.4) is 0 Å². The molecule has 1 fully saturated rings. The van der Waals surface area contributed by atoms with Crippen molar-refractivity contribution in [2.75, 3.05) is 13.2 Å². The van der Waals surface area contributed by atoms with Crippen LogP contribution >= 0.6 is 11.6 Å². The fraction of sp³-hybridized carbons (Fsp3) is 0.462. The highest BCUT2D eigenvalue weighted by Crippen LogP contribution is 2.36. The van der Waals surface area contributed by atoms with E-state index in [1.54, 1.807) is 6.92 Å². The van der Waals surface area contributed by atoms with Crippen LogP contribution in [0.25, 0.3) is 0 Å². The highest BCUT2D eigenvalue weighted by Gasteiger charge is 2.26. The van der Waals surface area contributed by atoms with Crippen molar-refractivity contribution >= 4 is 11.6 Å². The summed E-state index contributed by atoms with van der Waals surface area (Å²) < 4.78 is 11.9. The van der Waals surface area contributed by atoms with Crippen molar-refractivity contribution in [3.05, 3.63) is 69.2 Å². The summed E-state index contributed by atoms with van der Waals surface area (Å²) in [5.41, 5.74) is 5.80. The van der Waals surface area contributed by atoms with Crippen molar-refractivity contribution in [1.82, 2.24) is 0 Å².